The van der Waals surface area contributed by atoms with Crippen molar-refractivity contribution in [3.63, 3.8) is 0 Å². The molecule has 0 unspecified atom stereocenters. The summed E-state index contributed by atoms with van der Waals surface area (Å²) in [5.74, 6) is 1.21. The summed E-state index contributed by atoms with van der Waals surface area (Å²) in [5, 5.41) is 4.20. The maximum Gasteiger partial charge on any atom is 0.251 e. The van der Waals surface area contributed by atoms with Gasteiger partial charge in [0.2, 0.25) is 0 Å². The normalized spacial score (nSPS) is 17.2. The Labute approximate surface area is 123 Å². The lowest BCUT2D eigenvalue weighted by atomic mass is 9.95. The predicted molar refractivity (Wildman–Crippen MR) is 80.1 cm³/mol. The van der Waals surface area contributed by atoms with Gasteiger partial charge in [-0.25, -0.2) is 4.98 Å². The van der Waals surface area contributed by atoms with E-state index in [9.17, 15) is 4.79 Å². The Balaban J connectivity index is 1.61. The Morgan fingerprint density at radius 3 is 2.76 bits per heavy atom. The summed E-state index contributed by atoms with van der Waals surface area (Å²) in [6.07, 6.45) is 6.05. The van der Waals surface area contributed by atoms with Gasteiger partial charge in [-0.3, -0.25) is 14.4 Å². The lowest BCUT2D eigenvalue weighted by Crippen LogP contribution is -2.33. The zero-order chi connectivity index (χ0) is 14.8. The van der Waals surface area contributed by atoms with Crippen LogP contribution in [-0.2, 0) is 13.6 Å². The molecular formula is C15H21N5O. The van der Waals surface area contributed by atoms with Gasteiger partial charge in [-0.2, -0.15) is 5.10 Å². The molecule has 6 heteroatoms. The first kappa shape index (κ1) is 14.0. The highest BCUT2D eigenvalue weighted by molar-refractivity contribution is 5.07. The van der Waals surface area contributed by atoms with Crippen LogP contribution in [0.25, 0.3) is 0 Å². The molecule has 3 heterocycles. The van der Waals surface area contributed by atoms with E-state index >= 15 is 0 Å². The van der Waals surface area contributed by atoms with Crippen LogP contribution in [0.15, 0.2) is 23.3 Å². The van der Waals surface area contributed by atoms with E-state index < -0.39 is 0 Å². The highest BCUT2D eigenvalue weighted by Gasteiger charge is 2.22. The summed E-state index contributed by atoms with van der Waals surface area (Å²) in [6, 6.07) is 1.54. The molecule has 0 radical (unpaired) electrons. The van der Waals surface area contributed by atoms with E-state index in [2.05, 4.69) is 26.2 Å². The van der Waals surface area contributed by atoms with Crippen molar-refractivity contribution in [1.82, 2.24) is 24.6 Å². The standard InChI is InChI=1S/C15H21N5O/c1-11-7-14(21)18-15(17-11)13-3-5-20(6-4-13)10-12-8-16-19(2)9-12/h7-9,13H,3-6,10H2,1-2H3,(H,17,18,21). The number of nitrogens with one attached hydrogen (secondary N) is 1. The molecule has 2 aromatic rings. The molecule has 1 saturated heterocycles. The number of hydrogen-bond donors (Lipinski definition) is 1. The second-order valence-electron chi connectivity index (χ2n) is 5.84. The minimum Gasteiger partial charge on any atom is -0.310 e. The molecule has 1 aliphatic rings. The zero-order valence-electron chi connectivity index (χ0n) is 12.5. The molecule has 3 rings (SSSR count). The molecule has 1 N–H and O–H groups in total. The number of aromatic nitrogens is 4. The Morgan fingerprint density at radius 2 is 2.14 bits per heavy atom. The fourth-order valence-electron chi connectivity index (χ4n) is 2.97. The summed E-state index contributed by atoms with van der Waals surface area (Å²) in [5.41, 5.74) is 2.00. The summed E-state index contributed by atoms with van der Waals surface area (Å²) in [6.45, 7) is 4.86. The van der Waals surface area contributed by atoms with E-state index in [1.807, 2.05) is 24.9 Å². The van der Waals surface area contributed by atoms with Crippen molar-refractivity contribution < 1.29 is 0 Å². The lowest BCUT2D eigenvalue weighted by molar-refractivity contribution is 0.201. The fraction of sp³-hybridized carbons (Fsp3) is 0.533. The molecule has 21 heavy (non-hydrogen) atoms. The van der Waals surface area contributed by atoms with Crippen LogP contribution < -0.4 is 5.56 Å². The zero-order valence-corrected chi connectivity index (χ0v) is 12.5. The average Bonchev–Trinajstić information content (AvgIpc) is 2.84. The lowest BCUT2D eigenvalue weighted by Gasteiger charge is -2.31. The first-order valence-electron chi connectivity index (χ1n) is 7.38. The molecule has 0 bridgehead atoms. The van der Waals surface area contributed by atoms with Crippen LogP contribution in [0.5, 0.6) is 0 Å². The van der Waals surface area contributed by atoms with E-state index in [0.29, 0.717) is 5.92 Å². The van der Waals surface area contributed by atoms with Crippen LogP contribution in [0, 0.1) is 6.92 Å². The number of hydrogen-bond acceptors (Lipinski definition) is 4. The van der Waals surface area contributed by atoms with Crippen molar-refractivity contribution in [3.05, 3.63) is 45.9 Å². The second kappa shape index (κ2) is 5.81. The summed E-state index contributed by atoms with van der Waals surface area (Å²) >= 11 is 0. The SMILES string of the molecule is Cc1cc(=O)[nH]c(C2CCN(Cc3cnn(C)c3)CC2)n1. The van der Waals surface area contributed by atoms with Gasteiger partial charge < -0.3 is 4.98 Å². The largest absolute Gasteiger partial charge is 0.310 e. The number of piperidine rings is 1. The summed E-state index contributed by atoms with van der Waals surface area (Å²) in [4.78, 5) is 21.3. The monoisotopic (exact) mass is 287 g/mol. The van der Waals surface area contributed by atoms with Crippen LogP contribution in [-0.4, -0.2) is 37.7 Å². The van der Waals surface area contributed by atoms with Crippen LogP contribution in [0.4, 0.5) is 0 Å². The molecule has 0 aromatic carbocycles. The molecule has 0 spiro atoms. The van der Waals surface area contributed by atoms with Crippen molar-refractivity contribution in [1.29, 1.82) is 0 Å². The van der Waals surface area contributed by atoms with Crippen LogP contribution in [0.3, 0.4) is 0 Å². The second-order valence-corrected chi connectivity index (χ2v) is 5.84. The molecule has 6 nitrogen and oxygen atoms in total. The average molecular weight is 287 g/mol. The van der Waals surface area contributed by atoms with E-state index in [0.717, 1.165) is 44.0 Å². The van der Waals surface area contributed by atoms with Gasteiger partial charge in [0.15, 0.2) is 0 Å². The third-order valence-electron chi connectivity index (χ3n) is 4.03. The quantitative estimate of drug-likeness (QED) is 0.921. The number of aryl methyl sites for hydroxylation is 2. The Bertz CT molecular complexity index is 667. The third-order valence-corrected chi connectivity index (χ3v) is 4.03. The van der Waals surface area contributed by atoms with Crippen LogP contribution in [0.2, 0.25) is 0 Å². The van der Waals surface area contributed by atoms with E-state index in [1.165, 1.54) is 5.56 Å². The number of H-pyrrole nitrogens is 1. The van der Waals surface area contributed by atoms with Gasteiger partial charge in [0.25, 0.3) is 5.56 Å². The predicted octanol–water partition coefficient (Wildman–Crippen LogP) is 1.19. The number of likely N-dealkylation sites (tertiary alicyclic amines) is 1. The number of aromatic amines is 1. The molecule has 2 aromatic heterocycles. The summed E-state index contributed by atoms with van der Waals surface area (Å²) < 4.78 is 1.84. The van der Waals surface area contributed by atoms with Crippen LogP contribution in [0.1, 0.15) is 35.8 Å². The fourth-order valence-corrected chi connectivity index (χ4v) is 2.97. The van der Waals surface area contributed by atoms with E-state index in [-0.39, 0.29) is 5.56 Å². The topological polar surface area (TPSA) is 66.8 Å². The third kappa shape index (κ3) is 3.39. The van der Waals surface area contributed by atoms with E-state index in [1.54, 1.807) is 6.07 Å². The van der Waals surface area contributed by atoms with Gasteiger partial charge in [-0.15, -0.1) is 0 Å². The van der Waals surface area contributed by atoms with Gasteiger partial charge in [0.1, 0.15) is 5.82 Å². The van der Waals surface area contributed by atoms with Gasteiger partial charge in [-0.05, 0) is 32.9 Å². The molecule has 0 amide bonds. The minimum atomic E-state index is -0.0460. The Morgan fingerprint density at radius 1 is 1.38 bits per heavy atom. The van der Waals surface area contributed by atoms with Crippen LogP contribution >= 0.6 is 0 Å². The van der Waals surface area contributed by atoms with Gasteiger partial charge in [0, 0.05) is 43.0 Å². The Hall–Kier alpha value is -1.95. The van der Waals surface area contributed by atoms with Gasteiger partial charge in [0.05, 0.1) is 6.20 Å². The summed E-state index contributed by atoms with van der Waals surface area (Å²) in [7, 11) is 1.94. The van der Waals surface area contributed by atoms with Crippen molar-refractivity contribution in [3.8, 4) is 0 Å². The molecule has 0 aliphatic carbocycles. The van der Waals surface area contributed by atoms with Crippen molar-refractivity contribution in [2.24, 2.45) is 7.05 Å². The smallest absolute Gasteiger partial charge is 0.251 e. The molecule has 1 fully saturated rings. The van der Waals surface area contributed by atoms with Crippen molar-refractivity contribution in [2.75, 3.05) is 13.1 Å². The van der Waals surface area contributed by atoms with Gasteiger partial charge in [-0.1, -0.05) is 0 Å². The molecule has 112 valence electrons. The highest BCUT2D eigenvalue weighted by Crippen LogP contribution is 2.25. The maximum absolute atomic E-state index is 11.5. The molecule has 0 atom stereocenters. The van der Waals surface area contributed by atoms with Gasteiger partial charge >= 0.3 is 0 Å². The molecular weight excluding hydrogens is 266 g/mol. The first-order chi connectivity index (χ1) is 10.1. The number of nitrogens with zero attached hydrogens (tertiary/aromatic N) is 4. The Kier molecular flexibility index (Phi) is 3.88. The van der Waals surface area contributed by atoms with Crippen molar-refractivity contribution >= 4 is 0 Å². The minimum absolute atomic E-state index is 0.0460. The maximum atomic E-state index is 11.5. The number of rotatable bonds is 3. The molecule has 1 aliphatic heterocycles. The van der Waals surface area contributed by atoms with Crippen molar-refractivity contribution in [2.45, 2.75) is 32.2 Å². The highest BCUT2D eigenvalue weighted by atomic mass is 16.1. The molecule has 0 saturated carbocycles. The first-order valence-corrected chi connectivity index (χ1v) is 7.38. The van der Waals surface area contributed by atoms with E-state index in [4.69, 9.17) is 0 Å².